The van der Waals surface area contributed by atoms with Crippen molar-refractivity contribution in [2.45, 2.75) is 6.92 Å². The van der Waals surface area contributed by atoms with Crippen LogP contribution in [0.25, 0.3) is 0 Å². The molecule has 0 radical (unpaired) electrons. The van der Waals surface area contributed by atoms with Gasteiger partial charge in [-0.1, -0.05) is 29.8 Å². The van der Waals surface area contributed by atoms with E-state index in [0.717, 1.165) is 16.3 Å². The van der Waals surface area contributed by atoms with Gasteiger partial charge < -0.3 is 10.1 Å². The lowest BCUT2D eigenvalue weighted by molar-refractivity contribution is 0.563. The summed E-state index contributed by atoms with van der Waals surface area (Å²) < 4.78 is 5.48. The Kier molecular flexibility index (Phi) is 4.18. The second-order valence-electron chi connectivity index (χ2n) is 3.79. The van der Waals surface area contributed by atoms with E-state index >= 15 is 0 Å². The first-order valence-electron chi connectivity index (χ1n) is 5.45. The molecule has 0 heterocycles. The number of halogens is 1. The molecular formula is C14H12ClNOS. The van der Waals surface area contributed by atoms with Gasteiger partial charge in [-0.05, 0) is 55.0 Å². The first-order valence-corrected chi connectivity index (χ1v) is 6.24. The first kappa shape index (κ1) is 12.9. The molecular weight excluding hydrogens is 266 g/mol. The van der Waals surface area contributed by atoms with Crippen LogP contribution in [-0.2, 0) is 0 Å². The molecule has 0 saturated carbocycles. The van der Waals surface area contributed by atoms with E-state index in [1.807, 2.05) is 55.5 Å². The normalized spacial score (nSPS) is 9.89. The van der Waals surface area contributed by atoms with Crippen LogP contribution in [0.5, 0.6) is 5.75 Å². The van der Waals surface area contributed by atoms with Crippen LogP contribution < -0.4 is 10.1 Å². The number of anilines is 1. The molecule has 0 unspecified atom stereocenters. The van der Waals surface area contributed by atoms with Gasteiger partial charge in [-0.3, -0.25) is 0 Å². The molecule has 92 valence electrons. The highest BCUT2D eigenvalue weighted by molar-refractivity contribution is 7.80. The van der Waals surface area contributed by atoms with Crippen LogP contribution in [0, 0.1) is 6.92 Å². The maximum absolute atomic E-state index is 5.96. The lowest BCUT2D eigenvalue weighted by Crippen LogP contribution is -2.16. The largest absolute Gasteiger partial charge is 0.432 e. The standard InChI is InChI=1S/C14H12ClNOS/c1-10-9-11(7-8-13(10)15)16-14(18)17-12-5-3-2-4-6-12/h2-9H,1H3,(H,16,18). The van der Waals surface area contributed by atoms with Gasteiger partial charge in [0, 0.05) is 10.7 Å². The summed E-state index contributed by atoms with van der Waals surface area (Å²) >= 11 is 11.1. The molecule has 0 aliphatic rings. The Morgan fingerprint density at radius 2 is 1.89 bits per heavy atom. The van der Waals surface area contributed by atoms with Gasteiger partial charge in [-0.2, -0.15) is 0 Å². The van der Waals surface area contributed by atoms with Crippen molar-refractivity contribution in [3.63, 3.8) is 0 Å². The molecule has 0 atom stereocenters. The highest BCUT2D eigenvalue weighted by atomic mass is 35.5. The van der Waals surface area contributed by atoms with Gasteiger partial charge in [-0.25, -0.2) is 0 Å². The lowest BCUT2D eigenvalue weighted by Gasteiger charge is -2.10. The van der Waals surface area contributed by atoms with Gasteiger partial charge in [0.15, 0.2) is 0 Å². The second-order valence-corrected chi connectivity index (χ2v) is 4.57. The minimum absolute atomic E-state index is 0.308. The Labute approximate surface area is 117 Å². The zero-order valence-corrected chi connectivity index (χ0v) is 11.4. The number of benzene rings is 2. The quantitative estimate of drug-likeness (QED) is 0.821. The van der Waals surface area contributed by atoms with E-state index in [1.165, 1.54) is 0 Å². The van der Waals surface area contributed by atoms with Crippen molar-refractivity contribution < 1.29 is 4.74 Å². The van der Waals surface area contributed by atoms with E-state index in [1.54, 1.807) is 0 Å². The number of ether oxygens (including phenoxy) is 1. The van der Waals surface area contributed by atoms with Crippen LogP contribution in [0.15, 0.2) is 48.5 Å². The average molecular weight is 278 g/mol. The van der Waals surface area contributed by atoms with Gasteiger partial charge in [-0.15, -0.1) is 0 Å². The van der Waals surface area contributed by atoms with Crippen molar-refractivity contribution >= 4 is 34.7 Å². The van der Waals surface area contributed by atoms with Crippen molar-refractivity contribution in [1.82, 2.24) is 0 Å². The number of rotatable bonds is 2. The molecule has 2 aromatic rings. The van der Waals surface area contributed by atoms with Crippen LogP contribution in [0.1, 0.15) is 5.56 Å². The van der Waals surface area contributed by atoms with Crippen molar-refractivity contribution in [2.24, 2.45) is 0 Å². The van der Waals surface area contributed by atoms with Crippen molar-refractivity contribution in [3.05, 3.63) is 59.1 Å². The third-order valence-electron chi connectivity index (χ3n) is 2.36. The zero-order valence-electron chi connectivity index (χ0n) is 9.81. The topological polar surface area (TPSA) is 21.3 Å². The SMILES string of the molecule is Cc1cc(NC(=S)Oc2ccccc2)ccc1Cl. The molecule has 0 amide bonds. The molecule has 0 aromatic heterocycles. The molecule has 0 spiro atoms. The van der Waals surface area contributed by atoms with Crippen LogP contribution in [0.2, 0.25) is 5.02 Å². The fourth-order valence-corrected chi connectivity index (χ4v) is 1.79. The second kappa shape index (κ2) is 5.85. The predicted octanol–water partition coefficient (Wildman–Crippen LogP) is 4.42. The number of thiocarbonyl (C=S) groups is 1. The van der Waals surface area contributed by atoms with Gasteiger partial charge >= 0.3 is 0 Å². The summed E-state index contributed by atoms with van der Waals surface area (Å²) in [6.45, 7) is 1.94. The summed E-state index contributed by atoms with van der Waals surface area (Å²) in [4.78, 5) is 0. The number of nitrogens with one attached hydrogen (secondary N) is 1. The summed E-state index contributed by atoms with van der Waals surface area (Å²) in [7, 11) is 0. The van der Waals surface area contributed by atoms with E-state index < -0.39 is 0 Å². The molecule has 18 heavy (non-hydrogen) atoms. The Morgan fingerprint density at radius 3 is 2.56 bits per heavy atom. The van der Waals surface area contributed by atoms with Crippen molar-refractivity contribution in [3.8, 4) is 5.75 Å². The maximum atomic E-state index is 5.96. The Hall–Kier alpha value is -1.58. The molecule has 0 saturated heterocycles. The monoisotopic (exact) mass is 277 g/mol. The van der Waals surface area contributed by atoms with Crippen LogP contribution >= 0.6 is 23.8 Å². The molecule has 0 bridgehead atoms. The smallest absolute Gasteiger partial charge is 0.266 e. The fraction of sp³-hybridized carbons (Fsp3) is 0.0714. The minimum atomic E-state index is 0.308. The summed E-state index contributed by atoms with van der Waals surface area (Å²) in [6.07, 6.45) is 0. The Bertz CT molecular complexity index is 557. The van der Waals surface area contributed by atoms with Crippen molar-refractivity contribution in [2.75, 3.05) is 5.32 Å². The summed E-state index contributed by atoms with van der Waals surface area (Å²) in [5, 5.41) is 4.05. The molecule has 1 N–H and O–H groups in total. The van der Waals surface area contributed by atoms with E-state index in [2.05, 4.69) is 5.32 Å². The van der Waals surface area contributed by atoms with Gasteiger partial charge in [0.05, 0.1) is 0 Å². The maximum Gasteiger partial charge on any atom is 0.266 e. The number of para-hydroxylation sites is 1. The van der Waals surface area contributed by atoms with E-state index in [9.17, 15) is 0 Å². The molecule has 0 aliphatic heterocycles. The van der Waals surface area contributed by atoms with E-state index in [-0.39, 0.29) is 0 Å². The summed E-state index contributed by atoms with van der Waals surface area (Å²) in [5.41, 5.74) is 1.85. The molecule has 4 heteroatoms. The molecule has 0 fully saturated rings. The van der Waals surface area contributed by atoms with Crippen LogP contribution in [-0.4, -0.2) is 5.17 Å². The van der Waals surface area contributed by atoms with Crippen LogP contribution in [0.4, 0.5) is 5.69 Å². The Morgan fingerprint density at radius 1 is 1.17 bits per heavy atom. The lowest BCUT2D eigenvalue weighted by atomic mass is 10.2. The fourth-order valence-electron chi connectivity index (χ4n) is 1.46. The third-order valence-corrected chi connectivity index (χ3v) is 2.97. The minimum Gasteiger partial charge on any atom is -0.432 e. The van der Waals surface area contributed by atoms with Gasteiger partial charge in [0.1, 0.15) is 5.75 Å². The highest BCUT2D eigenvalue weighted by Crippen LogP contribution is 2.19. The van der Waals surface area contributed by atoms with E-state index in [4.69, 9.17) is 28.6 Å². The van der Waals surface area contributed by atoms with E-state index in [0.29, 0.717) is 10.9 Å². The van der Waals surface area contributed by atoms with Crippen LogP contribution in [0.3, 0.4) is 0 Å². The highest BCUT2D eigenvalue weighted by Gasteiger charge is 2.02. The first-order chi connectivity index (χ1) is 8.65. The van der Waals surface area contributed by atoms with Gasteiger partial charge in [0.25, 0.3) is 5.17 Å². The summed E-state index contributed by atoms with van der Waals surface area (Å²) in [5.74, 6) is 0.709. The number of hydrogen-bond donors (Lipinski definition) is 1. The molecule has 2 aromatic carbocycles. The Balaban J connectivity index is 2.01. The summed E-state index contributed by atoms with van der Waals surface area (Å²) in [6, 6.07) is 15.0. The molecule has 2 rings (SSSR count). The van der Waals surface area contributed by atoms with Gasteiger partial charge in [0.2, 0.25) is 0 Å². The number of hydrogen-bond acceptors (Lipinski definition) is 2. The number of aryl methyl sites for hydroxylation is 1. The average Bonchev–Trinajstić information content (AvgIpc) is 2.35. The predicted molar refractivity (Wildman–Crippen MR) is 79.5 cm³/mol. The molecule has 0 aliphatic carbocycles. The molecule has 2 nitrogen and oxygen atoms in total. The zero-order chi connectivity index (χ0) is 13.0. The van der Waals surface area contributed by atoms with Crippen molar-refractivity contribution in [1.29, 1.82) is 0 Å². The third kappa shape index (κ3) is 3.45.